The second kappa shape index (κ2) is 13.8. The Morgan fingerprint density at radius 1 is 1.02 bits per heavy atom. The van der Waals surface area contributed by atoms with Gasteiger partial charge in [0.15, 0.2) is 17.8 Å². The molecular formula is C33H38N2O7. The largest absolute Gasteiger partial charge is 0.493 e. The van der Waals surface area contributed by atoms with E-state index in [4.69, 9.17) is 23.7 Å². The minimum atomic E-state index is -0.588. The smallest absolute Gasteiger partial charge is 0.411 e. The summed E-state index contributed by atoms with van der Waals surface area (Å²) in [6, 6.07) is 19.4. The van der Waals surface area contributed by atoms with Gasteiger partial charge in [0.05, 0.1) is 33.0 Å². The number of aliphatic hydroxyl groups is 1. The maximum absolute atomic E-state index is 11.9. The van der Waals surface area contributed by atoms with Gasteiger partial charge in [-0.05, 0) is 52.9 Å². The quantitative estimate of drug-likeness (QED) is 0.305. The third-order valence-electron chi connectivity index (χ3n) is 7.64. The fourth-order valence-corrected chi connectivity index (χ4v) is 5.43. The number of fused-ring (bicyclic) bond motifs is 1. The van der Waals surface area contributed by atoms with Crippen LogP contribution in [0.25, 0.3) is 0 Å². The molecule has 222 valence electrons. The summed E-state index contributed by atoms with van der Waals surface area (Å²) in [6.07, 6.45) is 1.72. The Kier molecular flexibility index (Phi) is 9.76. The highest BCUT2D eigenvalue weighted by Gasteiger charge is 2.34. The summed E-state index contributed by atoms with van der Waals surface area (Å²) in [7, 11) is 3.32. The monoisotopic (exact) mass is 574 g/mol. The number of anilines is 1. The Morgan fingerprint density at radius 2 is 1.71 bits per heavy atom. The van der Waals surface area contributed by atoms with Crippen molar-refractivity contribution >= 4 is 11.8 Å². The second-order valence-corrected chi connectivity index (χ2v) is 10.4. The third kappa shape index (κ3) is 7.11. The molecule has 2 N–H and O–H groups in total. The number of nitrogens with zero attached hydrogens (tertiary/aromatic N) is 1. The van der Waals surface area contributed by atoms with Gasteiger partial charge in [-0.25, -0.2) is 4.79 Å². The lowest BCUT2D eigenvalue weighted by Gasteiger charge is -2.39. The molecule has 0 spiro atoms. The van der Waals surface area contributed by atoms with Crippen LogP contribution in [0.15, 0.2) is 73.3 Å². The molecule has 5 rings (SSSR count). The van der Waals surface area contributed by atoms with Crippen LogP contribution in [0.4, 0.5) is 10.5 Å². The normalized spacial score (nSPS) is 20.3. The minimum absolute atomic E-state index is 0.00518. The Morgan fingerprint density at radius 3 is 2.38 bits per heavy atom. The number of hydrogen-bond donors (Lipinski definition) is 2. The topological polar surface area (TPSA) is 98.7 Å². The SMILES string of the molecule is C=CCOC(=O)Nc1ccc(C2OC(CN3CCc4cc(OC)c(OC)cc4C3)CC(c3ccc(CO)cc3)O2)cc1. The van der Waals surface area contributed by atoms with Crippen LogP contribution in [0, 0.1) is 0 Å². The maximum atomic E-state index is 11.9. The number of benzene rings is 3. The molecule has 1 fully saturated rings. The van der Waals surface area contributed by atoms with E-state index in [1.807, 2.05) is 36.4 Å². The predicted octanol–water partition coefficient (Wildman–Crippen LogP) is 5.53. The Labute approximate surface area is 246 Å². The number of amides is 1. The van der Waals surface area contributed by atoms with Gasteiger partial charge in [-0.15, -0.1) is 0 Å². The molecule has 2 heterocycles. The van der Waals surface area contributed by atoms with Gasteiger partial charge in [-0.1, -0.05) is 49.1 Å². The molecule has 42 heavy (non-hydrogen) atoms. The van der Waals surface area contributed by atoms with Crippen LogP contribution in [-0.4, -0.2) is 56.1 Å². The summed E-state index contributed by atoms with van der Waals surface area (Å²) in [5, 5.41) is 12.2. The van der Waals surface area contributed by atoms with E-state index >= 15 is 0 Å². The van der Waals surface area contributed by atoms with Crippen molar-refractivity contribution in [1.29, 1.82) is 0 Å². The van der Waals surface area contributed by atoms with Crippen LogP contribution in [0.3, 0.4) is 0 Å². The van der Waals surface area contributed by atoms with E-state index in [2.05, 4.69) is 28.9 Å². The average molecular weight is 575 g/mol. The van der Waals surface area contributed by atoms with Gasteiger partial charge in [-0.2, -0.15) is 0 Å². The molecule has 0 radical (unpaired) electrons. The van der Waals surface area contributed by atoms with Crippen LogP contribution in [-0.2, 0) is 33.8 Å². The van der Waals surface area contributed by atoms with Gasteiger partial charge >= 0.3 is 6.09 Å². The van der Waals surface area contributed by atoms with Crippen molar-refractivity contribution in [2.75, 3.05) is 39.2 Å². The fourth-order valence-electron chi connectivity index (χ4n) is 5.43. The molecule has 1 amide bonds. The van der Waals surface area contributed by atoms with E-state index in [0.717, 1.165) is 54.2 Å². The van der Waals surface area contributed by atoms with Gasteiger partial charge in [0.25, 0.3) is 0 Å². The van der Waals surface area contributed by atoms with Gasteiger partial charge in [0.2, 0.25) is 0 Å². The number of rotatable bonds is 10. The zero-order valence-corrected chi connectivity index (χ0v) is 24.1. The van der Waals surface area contributed by atoms with E-state index in [1.165, 1.54) is 17.2 Å². The molecule has 3 aromatic carbocycles. The van der Waals surface area contributed by atoms with E-state index in [0.29, 0.717) is 12.1 Å². The number of carbonyl (C=O) groups excluding carboxylic acids is 1. The van der Waals surface area contributed by atoms with Crippen LogP contribution in [0.5, 0.6) is 11.5 Å². The molecule has 0 bridgehead atoms. The zero-order valence-electron chi connectivity index (χ0n) is 24.1. The molecule has 3 unspecified atom stereocenters. The molecule has 3 aromatic rings. The Balaban J connectivity index is 1.32. The maximum Gasteiger partial charge on any atom is 0.411 e. The van der Waals surface area contributed by atoms with Crippen molar-refractivity contribution in [2.45, 2.75) is 44.5 Å². The molecular weight excluding hydrogens is 536 g/mol. The summed E-state index contributed by atoms with van der Waals surface area (Å²) in [6.45, 7) is 6.13. The highest BCUT2D eigenvalue weighted by molar-refractivity contribution is 5.84. The standard InChI is InChI=1S/C33H38N2O7/c1-4-15-40-33(37)34-27-11-9-24(10-12-27)32-41-28(18-29(42-32)23-7-5-22(21-36)6-8-23)20-35-14-13-25-16-30(38-2)31(39-3)17-26(25)19-35/h4-12,16-17,28-29,32,36H,1,13-15,18-21H2,2-3H3,(H,34,37). The molecule has 1 saturated heterocycles. The van der Waals surface area contributed by atoms with Crippen LogP contribution < -0.4 is 14.8 Å². The van der Waals surface area contributed by atoms with Crippen molar-refractivity contribution in [3.8, 4) is 11.5 Å². The number of methoxy groups -OCH3 is 2. The minimum Gasteiger partial charge on any atom is -0.493 e. The summed E-state index contributed by atoms with van der Waals surface area (Å²) in [5.74, 6) is 1.49. The molecule has 0 aromatic heterocycles. The molecule has 3 atom stereocenters. The van der Waals surface area contributed by atoms with Crippen molar-refractivity contribution in [2.24, 2.45) is 0 Å². The van der Waals surface area contributed by atoms with Gasteiger partial charge in [0.1, 0.15) is 6.61 Å². The number of nitrogens with one attached hydrogen (secondary N) is 1. The molecule has 2 aliphatic heterocycles. The first kappa shape index (κ1) is 29.6. The molecule has 0 saturated carbocycles. The average Bonchev–Trinajstić information content (AvgIpc) is 3.03. The van der Waals surface area contributed by atoms with E-state index in [1.54, 1.807) is 26.4 Å². The first-order valence-corrected chi connectivity index (χ1v) is 14.1. The molecule has 9 heteroatoms. The van der Waals surface area contributed by atoms with Crippen molar-refractivity contribution in [3.63, 3.8) is 0 Å². The lowest BCUT2D eigenvalue weighted by molar-refractivity contribution is -0.253. The number of hydrogen-bond acceptors (Lipinski definition) is 8. The zero-order chi connectivity index (χ0) is 29.5. The Hall–Kier alpha value is -3.89. The van der Waals surface area contributed by atoms with Crippen molar-refractivity contribution in [3.05, 3.63) is 101 Å². The number of aliphatic hydroxyl groups excluding tert-OH is 1. The lowest BCUT2D eigenvalue weighted by Crippen LogP contribution is -2.41. The molecule has 2 aliphatic rings. The van der Waals surface area contributed by atoms with Crippen molar-refractivity contribution < 1.29 is 33.6 Å². The van der Waals surface area contributed by atoms with E-state index < -0.39 is 12.4 Å². The summed E-state index contributed by atoms with van der Waals surface area (Å²) in [5.41, 5.74) is 5.85. The van der Waals surface area contributed by atoms with Crippen LogP contribution in [0.2, 0.25) is 0 Å². The molecule has 9 nitrogen and oxygen atoms in total. The van der Waals surface area contributed by atoms with Gasteiger partial charge in [-0.3, -0.25) is 10.2 Å². The third-order valence-corrected chi connectivity index (χ3v) is 7.64. The van der Waals surface area contributed by atoms with Crippen molar-refractivity contribution in [1.82, 2.24) is 4.90 Å². The molecule has 0 aliphatic carbocycles. The van der Waals surface area contributed by atoms with Crippen LogP contribution >= 0.6 is 0 Å². The highest BCUT2D eigenvalue weighted by atomic mass is 16.7. The van der Waals surface area contributed by atoms with Crippen LogP contribution in [0.1, 0.15) is 46.6 Å². The highest BCUT2D eigenvalue weighted by Crippen LogP contribution is 2.39. The summed E-state index contributed by atoms with van der Waals surface area (Å²) in [4.78, 5) is 14.3. The number of carbonyl (C=O) groups is 1. The summed E-state index contributed by atoms with van der Waals surface area (Å²) < 4.78 is 29.1. The van der Waals surface area contributed by atoms with E-state index in [-0.39, 0.29) is 25.4 Å². The Bertz CT molecular complexity index is 1360. The number of ether oxygens (including phenoxy) is 5. The van der Waals surface area contributed by atoms with Gasteiger partial charge < -0.3 is 28.8 Å². The fraction of sp³-hybridized carbons (Fsp3) is 0.364. The predicted molar refractivity (Wildman–Crippen MR) is 159 cm³/mol. The van der Waals surface area contributed by atoms with Gasteiger partial charge in [0, 0.05) is 37.3 Å². The van der Waals surface area contributed by atoms with E-state index in [9.17, 15) is 9.90 Å². The first-order valence-electron chi connectivity index (χ1n) is 14.1. The second-order valence-electron chi connectivity index (χ2n) is 10.4. The first-order chi connectivity index (χ1) is 20.5. The lowest BCUT2D eigenvalue weighted by atomic mass is 9.97. The summed E-state index contributed by atoms with van der Waals surface area (Å²) >= 11 is 0.